The van der Waals surface area contributed by atoms with Gasteiger partial charge >= 0.3 is 6.03 Å². The smallest absolute Gasteiger partial charge is 0.328 e. The van der Waals surface area contributed by atoms with E-state index in [1.807, 2.05) is 30.3 Å². The molecule has 0 bridgehead atoms. The summed E-state index contributed by atoms with van der Waals surface area (Å²) in [6, 6.07) is 14.6. The van der Waals surface area contributed by atoms with Crippen LogP contribution in [0.25, 0.3) is 11.3 Å². The minimum Gasteiger partial charge on any atom is -0.382 e. The molecule has 1 aliphatic heterocycles. The molecule has 0 aliphatic carbocycles. The van der Waals surface area contributed by atoms with Crippen molar-refractivity contribution in [1.29, 1.82) is 5.26 Å². The minimum atomic E-state index is -0.313. The van der Waals surface area contributed by atoms with E-state index in [4.69, 9.17) is 4.98 Å². The molecule has 8 nitrogen and oxygen atoms in total. The molecule has 1 aliphatic rings. The highest BCUT2D eigenvalue weighted by atomic mass is 16.2. The number of rotatable bonds is 2. The molecule has 3 aromatic rings. The number of nitrogens with zero attached hydrogens (tertiary/aromatic N) is 5. The second kappa shape index (κ2) is 8.35. The molecule has 0 fully saturated rings. The summed E-state index contributed by atoms with van der Waals surface area (Å²) in [6.07, 6.45) is 4.73. The highest BCUT2D eigenvalue weighted by molar-refractivity contribution is 6.02. The van der Waals surface area contributed by atoms with Gasteiger partial charge < -0.3 is 5.32 Å². The third-order valence-electron chi connectivity index (χ3n) is 4.64. The number of carbonyl (C=O) groups is 1. The van der Waals surface area contributed by atoms with Gasteiger partial charge in [-0.15, -0.1) is 0 Å². The number of hydrogen-bond donors (Lipinski definition) is 2. The van der Waals surface area contributed by atoms with Crippen LogP contribution in [0.15, 0.2) is 55.0 Å². The number of nitrogens with one attached hydrogen (secondary N) is 2. The molecule has 2 amide bonds. The molecule has 144 valence electrons. The lowest BCUT2D eigenvalue weighted by Gasteiger charge is -2.27. The average Bonchev–Trinajstić information content (AvgIpc) is 2.75. The first-order chi connectivity index (χ1) is 14.3. The summed E-state index contributed by atoms with van der Waals surface area (Å²) in [5.41, 5.74) is 2.69. The van der Waals surface area contributed by atoms with Gasteiger partial charge in [0, 0.05) is 24.8 Å². The third kappa shape index (κ3) is 3.99. The second-order valence-corrected chi connectivity index (χ2v) is 6.54. The SMILES string of the molecule is N#Cc1ccccc1-c1ccc2c(n1)N(C(=O)Nc1ccncn1)CCCCN2. The number of pyridine rings is 1. The van der Waals surface area contributed by atoms with Crippen molar-refractivity contribution in [2.45, 2.75) is 12.8 Å². The molecule has 4 rings (SSSR count). The summed E-state index contributed by atoms with van der Waals surface area (Å²) in [5, 5.41) is 15.6. The van der Waals surface area contributed by atoms with E-state index >= 15 is 0 Å². The fourth-order valence-corrected chi connectivity index (χ4v) is 3.21. The maximum absolute atomic E-state index is 13.0. The first-order valence-electron chi connectivity index (χ1n) is 9.35. The molecule has 8 heteroatoms. The van der Waals surface area contributed by atoms with Gasteiger partial charge in [-0.1, -0.05) is 18.2 Å². The number of carbonyl (C=O) groups excluding carboxylic acids is 1. The van der Waals surface area contributed by atoms with E-state index in [0.717, 1.165) is 30.6 Å². The van der Waals surface area contributed by atoms with Crippen molar-refractivity contribution < 1.29 is 4.79 Å². The fourth-order valence-electron chi connectivity index (χ4n) is 3.21. The van der Waals surface area contributed by atoms with Crippen molar-refractivity contribution in [2.75, 3.05) is 28.6 Å². The number of amides is 2. The number of benzene rings is 1. The monoisotopic (exact) mass is 385 g/mol. The Kier molecular flexibility index (Phi) is 5.29. The van der Waals surface area contributed by atoms with Crippen LogP contribution in [-0.4, -0.2) is 34.1 Å². The Morgan fingerprint density at radius 3 is 2.90 bits per heavy atom. The third-order valence-corrected chi connectivity index (χ3v) is 4.64. The molecule has 29 heavy (non-hydrogen) atoms. The normalized spacial score (nSPS) is 13.3. The lowest BCUT2D eigenvalue weighted by molar-refractivity contribution is 0.256. The van der Waals surface area contributed by atoms with Crippen molar-refractivity contribution in [1.82, 2.24) is 15.0 Å². The van der Waals surface area contributed by atoms with E-state index in [1.54, 1.807) is 23.2 Å². The zero-order chi connectivity index (χ0) is 20.1. The van der Waals surface area contributed by atoms with Crippen LogP contribution in [-0.2, 0) is 0 Å². The molecule has 0 radical (unpaired) electrons. The summed E-state index contributed by atoms with van der Waals surface area (Å²) in [6.45, 7) is 1.34. The number of fused-ring (bicyclic) bond motifs is 1. The molecule has 3 heterocycles. The predicted molar refractivity (Wildman–Crippen MR) is 111 cm³/mol. The van der Waals surface area contributed by atoms with E-state index in [9.17, 15) is 10.1 Å². The minimum absolute atomic E-state index is 0.313. The lowest BCUT2D eigenvalue weighted by Crippen LogP contribution is -2.38. The van der Waals surface area contributed by atoms with Gasteiger partial charge in [0.15, 0.2) is 5.82 Å². The van der Waals surface area contributed by atoms with E-state index < -0.39 is 0 Å². The molecular formula is C21H19N7O. The van der Waals surface area contributed by atoms with E-state index in [2.05, 4.69) is 26.7 Å². The molecule has 1 aromatic carbocycles. The summed E-state index contributed by atoms with van der Waals surface area (Å²) < 4.78 is 0. The van der Waals surface area contributed by atoms with Crippen LogP contribution < -0.4 is 15.5 Å². The van der Waals surface area contributed by atoms with Gasteiger partial charge in [-0.25, -0.2) is 19.7 Å². The number of anilines is 3. The Bertz CT molecular complexity index is 1060. The van der Waals surface area contributed by atoms with Gasteiger partial charge in [-0.3, -0.25) is 10.2 Å². The van der Waals surface area contributed by atoms with Gasteiger partial charge in [0.1, 0.15) is 12.1 Å². The van der Waals surface area contributed by atoms with Crippen molar-refractivity contribution in [2.24, 2.45) is 0 Å². The number of urea groups is 1. The van der Waals surface area contributed by atoms with Gasteiger partial charge in [-0.05, 0) is 37.1 Å². The topological polar surface area (TPSA) is 107 Å². The van der Waals surface area contributed by atoms with Crippen molar-refractivity contribution in [3.05, 3.63) is 60.6 Å². The van der Waals surface area contributed by atoms with Gasteiger partial charge in [0.2, 0.25) is 0 Å². The van der Waals surface area contributed by atoms with E-state index in [0.29, 0.717) is 29.4 Å². The van der Waals surface area contributed by atoms with E-state index in [-0.39, 0.29) is 6.03 Å². The van der Waals surface area contributed by atoms with Crippen LogP contribution in [0.3, 0.4) is 0 Å². The van der Waals surface area contributed by atoms with Crippen molar-refractivity contribution in [3.8, 4) is 17.3 Å². The fraction of sp³-hybridized carbons (Fsp3) is 0.190. The summed E-state index contributed by atoms with van der Waals surface area (Å²) in [4.78, 5) is 27.3. The Morgan fingerprint density at radius 2 is 2.07 bits per heavy atom. The Balaban J connectivity index is 1.73. The molecule has 2 aromatic heterocycles. The van der Waals surface area contributed by atoms with Gasteiger partial charge in [0.05, 0.1) is 23.0 Å². The zero-order valence-electron chi connectivity index (χ0n) is 15.7. The maximum atomic E-state index is 13.0. The summed E-state index contributed by atoms with van der Waals surface area (Å²) in [5.74, 6) is 0.953. The second-order valence-electron chi connectivity index (χ2n) is 6.54. The molecule has 0 saturated heterocycles. The van der Waals surface area contributed by atoms with Crippen LogP contribution in [0.5, 0.6) is 0 Å². The Labute approximate surface area is 168 Å². The Hall–Kier alpha value is -3.99. The molecular weight excluding hydrogens is 366 g/mol. The first-order valence-corrected chi connectivity index (χ1v) is 9.35. The van der Waals surface area contributed by atoms with Crippen molar-refractivity contribution in [3.63, 3.8) is 0 Å². The zero-order valence-corrected chi connectivity index (χ0v) is 15.7. The highest BCUT2D eigenvalue weighted by Gasteiger charge is 2.23. The number of aromatic nitrogens is 3. The average molecular weight is 385 g/mol. The van der Waals surface area contributed by atoms with Gasteiger partial charge in [-0.2, -0.15) is 5.26 Å². The first kappa shape index (κ1) is 18.4. The molecule has 0 unspecified atom stereocenters. The summed E-state index contributed by atoms with van der Waals surface area (Å²) in [7, 11) is 0. The molecule has 0 atom stereocenters. The number of nitriles is 1. The number of hydrogen-bond acceptors (Lipinski definition) is 6. The maximum Gasteiger partial charge on any atom is 0.328 e. The standard InChI is InChI=1S/C21H19N7O/c22-13-15-5-1-2-6-16(15)17-7-8-18-20(26-17)28(12-4-3-10-24-18)21(29)27-19-9-11-23-14-25-19/h1-2,5-9,11,14,24H,3-4,10,12H2,(H,23,25,27,29). The van der Waals surface area contributed by atoms with E-state index in [1.165, 1.54) is 6.33 Å². The largest absolute Gasteiger partial charge is 0.382 e. The molecule has 0 spiro atoms. The predicted octanol–water partition coefficient (Wildman–Crippen LogP) is 3.65. The van der Waals surface area contributed by atoms with Crippen molar-refractivity contribution >= 4 is 23.4 Å². The lowest BCUT2D eigenvalue weighted by atomic mass is 10.0. The van der Waals surface area contributed by atoms with Gasteiger partial charge in [0.25, 0.3) is 0 Å². The van der Waals surface area contributed by atoms with Crippen LogP contribution in [0.2, 0.25) is 0 Å². The molecule has 2 N–H and O–H groups in total. The van der Waals surface area contributed by atoms with Crippen LogP contribution in [0.1, 0.15) is 18.4 Å². The highest BCUT2D eigenvalue weighted by Crippen LogP contribution is 2.31. The van der Waals surface area contributed by atoms with Crippen LogP contribution >= 0.6 is 0 Å². The van der Waals surface area contributed by atoms with Crippen LogP contribution in [0.4, 0.5) is 22.1 Å². The molecule has 0 saturated carbocycles. The quantitative estimate of drug-likeness (QED) is 0.697. The van der Waals surface area contributed by atoms with Crippen LogP contribution in [0, 0.1) is 11.3 Å². The summed E-state index contributed by atoms with van der Waals surface area (Å²) >= 11 is 0. The Morgan fingerprint density at radius 1 is 1.17 bits per heavy atom.